The van der Waals surface area contributed by atoms with E-state index >= 15 is 0 Å². The van der Waals surface area contributed by atoms with Crippen LogP contribution in [0, 0.1) is 5.92 Å². The van der Waals surface area contributed by atoms with E-state index in [1.807, 2.05) is 0 Å². The molecule has 1 aromatic rings. The standard InChI is InChI=1S/C20H29N3O2S/c1-20(2,3)16-11-17(24)23-12-15(13-26-19(23)22-16)18(25)21-10-9-14-7-5-4-6-8-14/h7,11,15H,4-6,8-10,12-13H2,1-3H3,(H,21,25)/t15-/m0/s1. The number of allylic oxidation sites excluding steroid dienone is 1. The lowest BCUT2D eigenvalue weighted by Gasteiger charge is -2.26. The Bertz CT molecular complexity index is 761. The molecule has 0 saturated carbocycles. The average molecular weight is 376 g/mol. The Morgan fingerprint density at radius 1 is 1.38 bits per heavy atom. The number of aromatic nitrogens is 2. The first-order valence-corrected chi connectivity index (χ1v) is 10.5. The maximum absolute atomic E-state index is 12.5. The van der Waals surface area contributed by atoms with E-state index in [4.69, 9.17) is 0 Å². The van der Waals surface area contributed by atoms with Crippen molar-refractivity contribution in [3.8, 4) is 0 Å². The van der Waals surface area contributed by atoms with Crippen LogP contribution in [0.5, 0.6) is 0 Å². The van der Waals surface area contributed by atoms with Crippen molar-refractivity contribution in [3.63, 3.8) is 0 Å². The molecule has 5 nitrogen and oxygen atoms in total. The van der Waals surface area contributed by atoms with Crippen LogP contribution in [-0.4, -0.2) is 27.8 Å². The minimum Gasteiger partial charge on any atom is -0.355 e. The highest BCUT2D eigenvalue weighted by atomic mass is 32.2. The molecule has 1 amide bonds. The van der Waals surface area contributed by atoms with E-state index in [-0.39, 0.29) is 22.8 Å². The summed E-state index contributed by atoms with van der Waals surface area (Å²) in [6.45, 7) is 7.27. The number of fused-ring (bicyclic) bond motifs is 1. The van der Waals surface area contributed by atoms with Gasteiger partial charge in [0.15, 0.2) is 5.16 Å². The van der Waals surface area contributed by atoms with Crippen molar-refractivity contribution in [3.05, 3.63) is 33.8 Å². The number of nitrogens with one attached hydrogen (secondary N) is 1. The monoisotopic (exact) mass is 375 g/mol. The Labute approximate surface area is 159 Å². The number of thioether (sulfide) groups is 1. The predicted molar refractivity (Wildman–Crippen MR) is 106 cm³/mol. The molecule has 0 bridgehead atoms. The summed E-state index contributed by atoms with van der Waals surface area (Å²) < 4.78 is 1.65. The average Bonchev–Trinajstić information content (AvgIpc) is 2.61. The van der Waals surface area contributed by atoms with E-state index in [0.717, 1.165) is 17.3 Å². The molecule has 0 saturated heterocycles. The normalized spacial score (nSPS) is 20.3. The fourth-order valence-corrected chi connectivity index (χ4v) is 4.47. The Morgan fingerprint density at radius 2 is 2.19 bits per heavy atom. The molecule has 2 aliphatic rings. The van der Waals surface area contributed by atoms with Gasteiger partial charge in [-0.05, 0) is 32.1 Å². The molecule has 0 spiro atoms. The predicted octanol–water partition coefficient (Wildman–Crippen LogP) is 3.27. The van der Waals surface area contributed by atoms with Crippen molar-refractivity contribution in [2.75, 3.05) is 12.3 Å². The molecule has 1 N–H and O–H groups in total. The van der Waals surface area contributed by atoms with Crippen molar-refractivity contribution in [2.45, 2.75) is 70.0 Å². The first-order valence-electron chi connectivity index (χ1n) is 9.55. The summed E-state index contributed by atoms with van der Waals surface area (Å²) in [6.07, 6.45) is 8.15. The summed E-state index contributed by atoms with van der Waals surface area (Å²) in [4.78, 5) is 29.6. The molecule has 0 unspecified atom stereocenters. The molecule has 1 aliphatic carbocycles. The zero-order valence-electron chi connectivity index (χ0n) is 16.0. The van der Waals surface area contributed by atoms with Crippen LogP contribution in [0.15, 0.2) is 27.7 Å². The second-order valence-electron chi connectivity index (χ2n) is 8.28. The zero-order chi connectivity index (χ0) is 18.7. The van der Waals surface area contributed by atoms with E-state index in [2.05, 4.69) is 37.1 Å². The number of hydrogen-bond acceptors (Lipinski definition) is 4. The third-order valence-electron chi connectivity index (χ3n) is 5.06. The number of hydrogen-bond donors (Lipinski definition) is 1. The van der Waals surface area contributed by atoms with Gasteiger partial charge in [-0.15, -0.1) is 0 Å². The van der Waals surface area contributed by atoms with Gasteiger partial charge < -0.3 is 5.32 Å². The highest BCUT2D eigenvalue weighted by molar-refractivity contribution is 7.99. The molecule has 26 heavy (non-hydrogen) atoms. The maximum Gasteiger partial charge on any atom is 0.254 e. The van der Waals surface area contributed by atoms with Gasteiger partial charge in [-0.2, -0.15) is 0 Å². The van der Waals surface area contributed by atoms with E-state index in [1.54, 1.807) is 10.6 Å². The smallest absolute Gasteiger partial charge is 0.254 e. The number of nitrogens with zero attached hydrogens (tertiary/aromatic N) is 2. The summed E-state index contributed by atoms with van der Waals surface area (Å²) >= 11 is 1.51. The summed E-state index contributed by atoms with van der Waals surface area (Å²) in [5, 5.41) is 3.79. The van der Waals surface area contributed by atoms with Crippen LogP contribution in [0.25, 0.3) is 0 Å². The van der Waals surface area contributed by atoms with Gasteiger partial charge >= 0.3 is 0 Å². The third kappa shape index (κ3) is 4.58. The van der Waals surface area contributed by atoms with Crippen molar-refractivity contribution in [2.24, 2.45) is 5.92 Å². The van der Waals surface area contributed by atoms with Crippen LogP contribution < -0.4 is 10.9 Å². The second-order valence-corrected chi connectivity index (χ2v) is 9.27. The van der Waals surface area contributed by atoms with E-state index in [0.29, 0.717) is 18.8 Å². The van der Waals surface area contributed by atoms with Crippen molar-refractivity contribution in [1.82, 2.24) is 14.9 Å². The lowest BCUT2D eigenvalue weighted by molar-refractivity contribution is -0.124. The molecular formula is C20H29N3O2S. The molecule has 1 atom stereocenters. The molecule has 1 aromatic heterocycles. The van der Waals surface area contributed by atoms with Gasteiger partial charge in [0.2, 0.25) is 5.91 Å². The lowest BCUT2D eigenvalue weighted by atomic mass is 9.92. The Hall–Kier alpha value is -1.56. The van der Waals surface area contributed by atoms with Crippen LogP contribution in [-0.2, 0) is 16.8 Å². The van der Waals surface area contributed by atoms with E-state index in [9.17, 15) is 9.59 Å². The van der Waals surface area contributed by atoms with Gasteiger partial charge in [0.25, 0.3) is 5.56 Å². The van der Waals surface area contributed by atoms with Crippen LogP contribution >= 0.6 is 11.8 Å². The van der Waals surface area contributed by atoms with Crippen molar-refractivity contribution >= 4 is 17.7 Å². The number of carbonyl (C=O) groups excluding carboxylic acids is 1. The van der Waals surface area contributed by atoms with Crippen LogP contribution in [0.4, 0.5) is 0 Å². The van der Waals surface area contributed by atoms with Gasteiger partial charge in [-0.25, -0.2) is 4.98 Å². The molecule has 1 aliphatic heterocycles. The van der Waals surface area contributed by atoms with E-state index < -0.39 is 0 Å². The Balaban J connectivity index is 1.60. The van der Waals surface area contributed by atoms with Gasteiger partial charge in [-0.3, -0.25) is 14.2 Å². The lowest BCUT2D eigenvalue weighted by Crippen LogP contribution is -2.40. The summed E-state index contributed by atoms with van der Waals surface area (Å²) in [5.74, 6) is 0.549. The number of amides is 1. The maximum atomic E-state index is 12.5. The zero-order valence-corrected chi connectivity index (χ0v) is 16.8. The number of carbonyl (C=O) groups is 1. The topological polar surface area (TPSA) is 64.0 Å². The van der Waals surface area contributed by atoms with Crippen LogP contribution in [0.2, 0.25) is 0 Å². The van der Waals surface area contributed by atoms with Gasteiger partial charge in [0.05, 0.1) is 11.6 Å². The number of rotatable bonds is 4. The molecule has 3 rings (SSSR count). The highest BCUT2D eigenvalue weighted by Gasteiger charge is 2.28. The van der Waals surface area contributed by atoms with Crippen molar-refractivity contribution in [1.29, 1.82) is 0 Å². The molecule has 0 fully saturated rings. The largest absolute Gasteiger partial charge is 0.355 e. The van der Waals surface area contributed by atoms with Crippen LogP contribution in [0.3, 0.4) is 0 Å². The summed E-state index contributed by atoms with van der Waals surface area (Å²) in [5.41, 5.74) is 2.06. The molecule has 0 radical (unpaired) electrons. The fourth-order valence-electron chi connectivity index (χ4n) is 3.38. The summed E-state index contributed by atoms with van der Waals surface area (Å²) in [7, 11) is 0. The Morgan fingerprint density at radius 3 is 2.88 bits per heavy atom. The molecular weight excluding hydrogens is 346 g/mol. The molecule has 142 valence electrons. The molecule has 0 aromatic carbocycles. The van der Waals surface area contributed by atoms with Gasteiger partial charge in [0.1, 0.15) is 0 Å². The first-order chi connectivity index (χ1) is 12.3. The SMILES string of the molecule is CC(C)(C)c1cc(=O)n2c(n1)SC[C@@H](C(=O)NCCC1=CCCCC1)C2. The Kier molecular flexibility index (Phi) is 5.90. The van der Waals surface area contributed by atoms with Crippen molar-refractivity contribution < 1.29 is 4.79 Å². The van der Waals surface area contributed by atoms with Crippen LogP contribution in [0.1, 0.15) is 58.6 Å². The van der Waals surface area contributed by atoms with Gasteiger partial charge in [-0.1, -0.05) is 44.2 Å². The fraction of sp³-hybridized carbons (Fsp3) is 0.650. The quantitative estimate of drug-likeness (QED) is 0.648. The second kappa shape index (κ2) is 7.99. The first kappa shape index (κ1) is 19.2. The summed E-state index contributed by atoms with van der Waals surface area (Å²) in [6, 6.07) is 1.61. The van der Waals surface area contributed by atoms with Gasteiger partial charge in [0, 0.05) is 30.3 Å². The molecule has 2 heterocycles. The van der Waals surface area contributed by atoms with E-state index in [1.165, 1.54) is 43.0 Å². The minimum atomic E-state index is -0.173. The minimum absolute atomic E-state index is 0.0476. The molecule has 6 heteroatoms. The highest BCUT2D eigenvalue weighted by Crippen LogP contribution is 2.28. The third-order valence-corrected chi connectivity index (χ3v) is 6.20.